The monoisotopic (exact) mass is 406 g/mol. The predicted octanol–water partition coefficient (Wildman–Crippen LogP) is 4.92. The summed E-state index contributed by atoms with van der Waals surface area (Å²) in [5.41, 5.74) is 4.00. The second-order valence-corrected chi connectivity index (χ2v) is 7.95. The van der Waals surface area contributed by atoms with E-state index >= 15 is 0 Å². The van der Waals surface area contributed by atoms with Crippen LogP contribution >= 0.6 is 0 Å². The third-order valence-electron chi connectivity index (χ3n) is 6.02. The molecule has 0 unspecified atom stereocenters. The molecule has 4 atom stereocenters. The summed E-state index contributed by atoms with van der Waals surface area (Å²) in [6, 6.07) is 21.2. The van der Waals surface area contributed by atoms with E-state index in [2.05, 4.69) is 106 Å². The number of ketones is 1. The Morgan fingerprint density at radius 1 is 1.07 bits per heavy atom. The number of carbonyl (C=O) groups excluding carboxylic acids is 1. The summed E-state index contributed by atoms with van der Waals surface area (Å²) in [7, 11) is 4.29. The lowest BCUT2D eigenvalue weighted by Crippen LogP contribution is -2.42. The molecule has 0 radical (unpaired) electrons. The number of Topliss-reactive ketones (excluding diaryl/α,β-unsaturated/α-hetero) is 1. The Morgan fingerprint density at radius 3 is 2.00 bits per heavy atom. The van der Waals surface area contributed by atoms with Crippen LogP contribution in [0.1, 0.15) is 49.7 Å². The zero-order valence-corrected chi connectivity index (χ0v) is 18.5. The van der Waals surface area contributed by atoms with Gasteiger partial charge in [0.05, 0.1) is 5.92 Å². The van der Waals surface area contributed by atoms with Crippen LogP contribution in [-0.2, 0) is 17.4 Å². The molecule has 0 saturated heterocycles. The van der Waals surface area contributed by atoms with Gasteiger partial charge in [-0.15, -0.1) is 0 Å². The van der Waals surface area contributed by atoms with Gasteiger partial charge in [-0.1, -0.05) is 79.9 Å². The van der Waals surface area contributed by atoms with Crippen LogP contribution in [0.25, 0.3) is 0 Å². The molecule has 4 heteroatoms. The molecular formula is C25H30N2OS. The van der Waals surface area contributed by atoms with Crippen molar-refractivity contribution in [3.8, 4) is 5.40 Å². The summed E-state index contributed by atoms with van der Waals surface area (Å²) in [6.45, 7) is 4.36. The normalized spacial score (nSPS) is 23.3. The van der Waals surface area contributed by atoms with Gasteiger partial charge in [0.1, 0.15) is 19.9 Å². The van der Waals surface area contributed by atoms with Crippen LogP contribution in [0, 0.1) is 22.5 Å². The maximum absolute atomic E-state index is 13.0. The molecule has 1 aliphatic rings. The molecule has 0 aliphatic heterocycles. The summed E-state index contributed by atoms with van der Waals surface area (Å²) in [4.78, 5) is 13.0. The molecule has 0 spiro atoms. The number of rotatable bonds is 4. The van der Waals surface area contributed by atoms with Crippen molar-refractivity contribution in [3.63, 3.8) is 0 Å². The first-order chi connectivity index (χ1) is 14.0. The minimum absolute atomic E-state index is 0.0452. The van der Waals surface area contributed by atoms with Crippen molar-refractivity contribution in [2.45, 2.75) is 38.5 Å². The van der Waals surface area contributed by atoms with E-state index in [1.807, 2.05) is 0 Å². The SMILES string of the molecule is CCC([C@H]1[C@H](c2ccccc2)[C@@H](C)C(=O)C[C@@H]1c1ccccc1)=[N+](C)C.N#C[S-]. The van der Waals surface area contributed by atoms with Crippen LogP contribution < -0.4 is 0 Å². The molecule has 1 fully saturated rings. The smallest absolute Gasteiger partial charge is 0.155 e. The lowest BCUT2D eigenvalue weighted by molar-refractivity contribution is -0.468. The lowest BCUT2D eigenvalue weighted by atomic mass is 9.60. The molecule has 0 N–H and O–H groups in total. The van der Waals surface area contributed by atoms with Gasteiger partial charge in [-0.25, -0.2) is 9.84 Å². The van der Waals surface area contributed by atoms with Crippen LogP contribution in [-0.4, -0.2) is 30.2 Å². The van der Waals surface area contributed by atoms with E-state index < -0.39 is 0 Å². The molecule has 2 aromatic rings. The highest BCUT2D eigenvalue weighted by Gasteiger charge is 2.47. The highest BCUT2D eigenvalue weighted by Crippen LogP contribution is 2.48. The predicted molar refractivity (Wildman–Crippen MR) is 121 cm³/mol. The standard InChI is InChI=1S/C24H30NO.CHNS/c1-5-21(25(3)4)24-20(18-12-8-6-9-13-18)16-22(26)17(2)23(24)19-14-10-7-11-15-19;2-1-3/h6-15,17,20,23-24H,5,16H2,1-4H3;3H/q+1;/p-1/t17-,20+,23-,24-;/m0./s1. The minimum atomic E-state index is 0.0452. The van der Waals surface area contributed by atoms with Crippen molar-refractivity contribution < 1.29 is 9.37 Å². The lowest BCUT2D eigenvalue weighted by Gasteiger charge is -2.41. The fraction of sp³-hybridized carbons (Fsp3) is 0.400. The Bertz CT molecular complexity index is 867. The van der Waals surface area contributed by atoms with E-state index in [0.717, 1.165) is 6.42 Å². The number of benzene rings is 2. The fourth-order valence-electron chi connectivity index (χ4n) is 4.78. The van der Waals surface area contributed by atoms with Crippen molar-refractivity contribution in [2.75, 3.05) is 14.1 Å². The number of nitriles is 1. The van der Waals surface area contributed by atoms with Crippen LogP contribution in [0.15, 0.2) is 60.7 Å². The van der Waals surface area contributed by atoms with E-state index in [1.54, 1.807) is 0 Å². The van der Waals surface area contributed by atoms with Crippen LogP contribution in [0.5, 0.6) is 0 Å². The summed E-state index contributed by atoms with van der Waals surface area (Å²) >= 11 is 3.70. The first-order valence-electron chi connectivity index (χ1n) is 10.1. The van der Waals surface area contributed by atoms with E-state index in [4.69, 9.17) is 5.26 Å². The summed E-state index contributed by atoms with van der Waals surface area (Å²) < 4.78 is 2.28. The van der Waals surface area contributed by atoms with Gasteiger partial charge in [0, 0.05) is 30.6 Å². The Hall–Kier alpha value is -2.51. The molecule has 2 aromatic carbocycles. The van der Waals surface area contributed by atoms with E-state index in [0.29, 0.717) is 18.1 Å². The number of carbonyl (C=O) groups is 1. The molecule has 1 saturated carbocycles. The minimum Gasteiger partial charge on any atom is -0.696 e. The summed E-state index contributed by atoms with van der Waals surface area (Å²) in [6.07, 6.45) is 1.64. The zero-order valence-electron chi connectivity index (χ0n) is 17.7. The van der Waals surface area contributed by atoms with Gasteiger partial charge in [-0.3, -0.25) is 4.79 Å². The number of thiocyanates is 1. The highest BCUT2D eigenvalue weighted by atomic mass is 32.1. The van der Waals surface area contributed by atoms with Crippen molar-refractivity contribution in [3.05, 3.63) is 71.8 Å². The van der Waals surface area contributed by atoms with Gasteiger partial charge in [-0.05, 0) is 11.1 Å². The molecular weight excluding hydrogens is 376 g/mol. The van der Waals surface area contributed by atoms with Crippen molar-refractivity contribution in [2.24, 2.45) is 11.8 Å². The second-order valence-electron chi connectivity index (χ2n) is 7.77. The van der Waals surface area contributed by atoms with Crippen LogP contribution in [0.4, 0.5) is 0 Å². The molecule has 29 heavy (non-hydrogen) atoms. The van der Waals surface area contributed by atoms with Gasteiger partial charge in [0.25, 0.3) is 0 Å². The quantitative estimate of drug-likeness (QED) is 0.313. The number of hydrogen-bond donors (Lipinski definition) is 0. The molecule has 0 bridgehead atoms. The van der Waals surface area contributed by atoms with Crippen molar-refractivity contribution in [1.29, 1.82) is 5.26 Å². The third kappa shape index (κ3) is 5.31. The fourth-order valence-corrected chi connectivity index (χ4v) is 4.78. The summed E-state index contributed by atoms with van der Waals surface area (Å²) in [5.74, 6) is 1.23. The second kappa shape index (κ2) is 10.9. The van der Waals surface area contributed by atoms with Crippen molar-refractivity contribution in [1.82, 2.24) is 0 Å². The third-order valence-corrected chi connectivity index (χ3v) is 6.02. The Morgan fingerprint density at radius 2 is 1.55 bits per heavy atom. The maximum atomic E-state index is 13.0. The Labute approximate surface area is 180 Å². The van der Waals surface area contributed by atoms with Gasteiger partial charge in [0.2, 0.25) is 0 Å². The number of hydrogen-bond acceptors (Lipinski definition) is 3. The van der Waals surface area contributed by atoms with Crippen molar-refractivity contribution >= 4 is 24.1 Å². The van der Waals surface area contributed by atoms with Crippen LogP contribution in [0.3, 0.4) is 0 Å². The van der Waals surface area contributed by atoms with Crippen LogP contribution in [0.2, 0.25) is 0 Å². The van der Waals surface area contributed by atoms with Gasteiger partial charge >= 0.3 is 0 Å². The molecule has 0 heterocycles. The molecule has 1 aliphatic carbocycles. The number of nitrogens with zero attached hydrogens (tertiary/aromatic N) is 2. The van der Waals surface area contributed by atoms with Gasteiger partial charge < -0.3 is 12.6 Å². The molecule has 0 aromatic heterocycles. The Balaban J connectivity index is 0.000000941. The van der Waals surface area contributed by atoms with E-state index in [9.17, 15) is 4.79 Å². The van der Waals surface area contributed by atoms with E-state index in [-0.39, 0.29) is 17.8 Å². The average molecular weight is 407 g/mol. The molecule has 3 nitrogen and oxygen atoms in total. The maximum Gasteiger partial charge on any atom is 0.155 e. The van der Waals surface area contributed by atoms with E-state index in [1.165, 1.54) is 22.2 Å². The Kier molecular flexibility index (Phi) is 8.54. The van der Waals surface area contributed by atoms with Gasteiger partial charge in [-0.2, -0.15) is 0 Å². The largest absolute Gasteiger partial charge is 0.696 e. The average Bonchev–Trinajstić information content (AvgIpc) is 2.72. The zero-order chi connectivity index (χ0) is 21.4. The molecule has 0 amide bonds. The highest BCUT2D eigenvalue weighted by molar-refractivity contribution is 7.64. The molecule has 3 rings (SSSR count). The first-order valence-corrected chi connectivity index (χ1v) is 10.5. The summed E-state index contributed by atoms with van der Waals surface area (Å²) in [5, 5.41) is 8.47. The first kappa shape index (κ1) is 22.8. The topological polar surface area (TPSA) is 43.9 Å². The molecule has 152 valence electrons. The van der Waals surface area contributed by atoms with Gasteiger partial charge in [0.15, 0.2) is 5.71 Å².